The van der Waals surface area contributed by atoms with Crippen LogP contribution in [-0.2, 0) is 19.6 Å². The number of methoxy groups -OCH3 is 1. The molecule has 0 heterocycles. The fraction of sp³-hybridized carbons (Fsp3) is 0.625. The van der Waals surface area contributed by atoms with E-state index in [0.717, 1.165) is 9.71 Å². The average molecular weight is 236 g/mol. The Morgan fingerprint density at radius 1 is 1.60 bits per heavy atom. The first-order valence-electron chi connectivity index (χ1n) is 4.28. The van der Waals surface area contributed by atoms with E-state index in [4.69, 9.17) is 4.74 Å². The van der Waals surface area contributed by atoms with E-state index in [9.17, 15) is 13.2 Å². The highest BCUT2D eigenvalue weighted by molar-refractivity contribution is 7.92. The van der Waals surface area contributed by atoms with Gasteiger partial charge in [-0.1, -0.05) is 6.58 Å². The number of nitrogens with one attached hydrogen (secondary N) is 1. The third kappa shape index (κ3) is 5.50. The van der Waals surface area contributed by atoms with Crippen molar-refractivity contribution in [3.05, 3.63) is 12.0 Å². The molecule has 0 rings (SSSR count). The molecule has 0 bridgehead atoms. The van der Waals surface area contributed by atoms with Crippen LogP contribution in [0.4, 0.5) is 0 Å². The number of amides is 1. The van der Waals surface area contributed by atoms with Gasteiger partial charge in [0.15, 0.2) is 0 Å². The molecule has 0 radical (unpaired) electrons. The van der Waals surface area contributed by atoms with E-state index in [0.29, 0.717) is 13.2 Å². The van der Waals surface area contributed by atoms with E-state index in [1.165, 1.54) is 14.2 Å². The maximum Gasteiger partial charge on any atom is 0.235 e. The van der Waals surface area contributed by atoms with Gasteiger partial charge in [0.25, 0.3) is 0 Å². The smallest absolute Gasteiger partial charge is 0.235 e. The van der Waals surface area contributed by atoms with Gasteiger partial charge in [-0.2, -0.15) is 4.31 Å². The second kappa shape index (κ2) is 6.54. The number of ether oxygens (including phenoxy) is 1. The molecule has 0 unspecified atom stereocenters. The van der Waals surface area contributed by atoms with Gasteiger partial charge in [0.1, 0.15) is 0 Å². The van der Waals surface area contributed by atoms with E-state index in [1.807, 2.05) is 0 Å². The maximum atomic E-state index is 11.2. The van der Waals surface area contributed by atoms with Gasteiger partial charge in [-0.3, -0.25) is 4.79 Å². The van der Waals surface area contributed by atoms with Crippen LogP contribution in [0.3, 0.4) is 0 Å². The molecule has 6 nitrogen and oxygen atoms in total. The SMILES string of the molecule is C=CS(=O)(=O)N(C)CC(=O)NCCOC. The molecule has 0 spiro atoms. The normalized spacial score (nSPS) is 11.4. The molecule has 0 aromatic carbocycles. The minimum Gasteiger partial charge on any atom is -0.383 e. The molecule has 88 valence electrons. The molecule has 7 heteroatoms. The summed E-state index contributed by atoms with van der Waals surface area (Å²) in [6.07, 6.45) is 0. The van der Waals surface area contributed by atoms with Crippen molar-refractivity contribution in [2.45, 2.75) is 0 Å². The molecular weight excluding hydrogens is 220 g/mol. The Labute approximate surface area is 89.9 Å². The number of nitrogens with zero attached hydrogens (tertiary/aromatic N) is 1. The number of hydrogen-bond donors (Lipinski definition) is 1. The van der Waals surface area contributed by atoms with Crippen LogP contribution in [0.5, 0.6) is 0 Å². The van der Waals surface area contributed by atoms with Gasteiger partial charge in [0.2, 0.25) is 15.9 Å². The quantitative estimate of drug-likeness (QED) is 0.584. The topological polar surface area (TPSA) is 75.7 Å². The van der Waals surface area contributed by atoms with Crippen molar-refractivity contribution < 1.29 is 17.9 Å². The highest BCUT2D eigenvalue weighted by atomic mass is 32.2. The van der Waals surface area contributed by atoms with Crippen molar-refractivity contribution in [3.63, 3.8) is 0 Å². The van der Waals surface area contributed by atoms with E-state index in [1.54, 1.807) is 0 Å². The summed E-state index contributed by atoms with van der Waals surface area (Å²) >= 11 is 0. The molecular formula is C8H16N2O4S. The first-order valence-corrected chi connectivity index (χ1v) is 5.78. The van der Waals surface area contributed by atoms with E-state index >= 15 is 0 Å². The first kappa shape index (κ1) is 14.1. The van der Waals surface area contributed by atoms with Gasteiger partial charge in [-0.05, 0) is 0 Å². The molecule has 1 amide bonds. The van der Waals surface area contributed by atoms with Gasteiger partial charge in [0, 0.05) is 26.1 Å². The van der Waals surface area contributed by atoms with Gasteiger partial charge < -0.3 is 10.1 Å². The van der Waals surface area contributed by atoms with E-state index in [2.05, 4.69) is 11.9 Å². The number of carbonyl (C=O) groups is 1. The fourth-order valence-electron chi connectivity index (χ4n) is 0.768. The predicted molar refractivity (Wildman–Crippen MR) is 56.6 cm³/mol. The van der Waals surface area contributed by atoms with Crippen molar-refractivity contribution in [1.82, 2.24) is 9.62 Å². The molecule has 0 aromatic heterocycles. The second-order valence-electron chi connectivity index (χ2n) is 2.81. The molecule has 15 heavy (non-hydrogen) atoms. The zero-order valence-corrected chi connectivity index (χ0v) is 9.71. The lowest BCUT2D eigenvalue weighted by molar-refractivity contribution is -0.121. The molecule has 0 saturated carbocycles. The summed E-state index contributed by atoms with van der Waals surface area (Å²) in [6, 6.07) is 0. The van der Waals surface area contributed by atoms with E-state index < -0.39 is 10.0 Å². The van der Waals surface area contributed by atoms with Crippen molar-refractivity contribution in [3.8, 4) is 0 Å². The molecule has 0 atom stereocenters. The van der Waals surface area contributed by atoms with Gasteiger partial charge in [-0.25, -0.2) is 8.42 Å². The van der Waals surface area contributed by atoms with Crippen LogP contribution in [0.2, 0.25) is 0 Å². The minimum absolute atomic E-state index is 0.224. The number of sulfonamides is 1. The highest BCUT2D eigenvalue weighted by Gasteiger charge is 2.16. The predicted octanol–water partition coefficient (Wildman–Crippen LogP) is -0.846. The van der Waals surface area contributed by atoms with Crippen molar-refractivity contribution in [2.24, 2.45) is 0 Å². The summed E-state index contributed by atoms with van der Waals surface area (Å²) in [5.74, 6) is -0.375. The fourth-order valence-corrected chi connectivity index (χ4v) is 1.32. The Balaban J connectivity index is 4.02. The lowest BCUT2D eigenvalue weighted by atomic mass is 10.5. The maximum absolute atomic E-state index is 11.2. The summed E-state index contributed by atoms with van der Waals surface area (Å²) in [4.78, 5) is 11.2. The molecule has 1 N–H and O–H groups in total. The second-order valence-corrected chi connectivity index (χ2v) is 4.80. The summed E-state index contributed by atoms with van der Waals surface area (Å²) in [7, 11) is -0.692. The lowest BCUT2D eigenvalue weighted by Gasteiger charge is -2.13. The third-order valence-corrected chi connectivity index (χ3v) is 3.06. The summed E-state index contributed by atoms with van der Waals surface area (Å²) in [5, 5.41) is 3.31. The average Bonchev–Trinajstić information content (AvgIpc) is 2.18. The van der Waals surface area contributed by atoms with Crippen LogP contribution in [0.1, 0.15) is 0 Å². The number of hydrogen-bond acceptors (Lipinski definition) is 4. The molecule has 0 aliphatic heterocycles. The van der Waals surface area contributed by atoms with Crippen LogP contribution < -0.4 is 5.32 Å². The Morgan fingerprint density at radius 3 is 2.67 bits per heavy atom. The molecule has 0 saturated heterocycles. The largest absolute Gasteiger partial charge is 0.383 e. The van der Waals surface area contributed by atoms with Crippen LogP contribution >= 0.6 is 0 Å². The molecule has 0 aliphatic rings. The Morgan fingerprint density at radius 2 is 2.20 bits per heavy atom. The minimum atomic E-state index is -3.52. The zero-order valence-electron chi connectivity index (χ0n) is 8.89. The first-order chi connectivity index (χ1) is 6.94. The van der Waals surface area contributed by atoms with Crippen LogP contribution in [0, 0.1) is 0 Å². The molecule has 0 aromatic rings. The Hall–Kier alpha value is -0.920. The zero-order chi connectivity index (χ0) is 11.9. The van der Waals surface area contributed by atoms with Gasteiger partial charge in [0.05, 0.1) is 13.2 Å². The third-order valence-electron chi connectivity index (χ3n) is 1.64. The van der Waals surface area contributed by atoms with Crippen molar-refractivity contribution in [2.75, 3.05) is 33.9 Å². The van der Waals surface area contributed by atoms with Crippen molar-refractivity contribution >= 4 is 15.9 Å². The Kier molecular flexibility index (Phi) is 6.14. The summed E-state index contributed by atoms with van der Waals surface area (Å²) in [5.41, 5.74) is 0. The summed E-state index contributed by atoms with van der Waals surface area (Å²) in [6.45, 7) is 3.68. The number of rotatable bonds is 7. The monoisotopic (exact) mass is 236 g/mol. The lowest BCUT2D eigenvalue weighted by Crippen LogP contribution is -2.38. The van der Waals surface area contributed by atoms with Gasteiger partial charge in [-0.15, -0.1) is 0 Å². The van der Waals surface area contributed by atoms with Crippen molar-refractivity contribution in [1.29, 1.82) is 0 Å². The van der Waals surface area contributed by atoms with Crippen LogP contribution in [0.25, 0.3) is 0 Å². The van der Waals surface area contributed by atoms with Crippen LogP contribution in [0.15, 0.2) is 12.0 Å². The molecule has 0 aliphatic carbocycles. The number of carbonyl (C=O) groups excluding carboxylic acids is 1. The standard InChI is InChI=1S/C8H16N2O4S/c1-4-15(12,13)10(2)7-8(11)9-5-6-14-3/h4H,1,5-7H2,2-3H3,(H,9,11). The van der Waals surface area contributed by atoms with Gasteiger partial charge >= 0.3 is 0 Å². The highest BCUT2D eigenvalue weighted by Crippen LogP contribution is 1.97. The summed E-state index contributed by atoms with van der Waals surface area (Å²) < 4.78 is 28.0. The number of likely N-dealkylation sites (N-methyl/N-ethyl adjacent to an activating group) is 1. The Bertz CT molecular complexity index is 313. The van der Waals surface area contributed by atoms with Crippen LogP contribution in [-0.4, -0.2) is 52.5 Å². The van der Waals surface area contributed by atoms with E-state index in [-0.39, 0.29) is 12.5 Å². The molecule has 0 fully saturated rings.